The first-order valence-electron chi connectivity index (χ1n) is 6.14. The van der Waals surface area contributed by atoms with Crippen molar-refractivity contribution in [2.45, 2.75) is 4.90 Å². The number of hydrogen-bond donors (Lipinski definition) is 1. The highest BCUT2D eigenvalue weighted by molar-refractivity contribution is 9.10. The van der Waals surface area contributed by atoms with Gasteiger partial charge in [0.15, 0.2) is 0 Å². The highest BCUT2D eigenvalue weighted by Gasteiger charge is 2.08. The number of halogens is 2. The van der Waals surface area contributed by atoms with Gasteiger partial charge in [0.2, 0.25) is 5.91 Å². The van der Waals surface area contributed by atoms with Crippen molar-refractivity contribution in [3.8, 4) is 0 Å². The van der Waals surface area contributed by atoms with Crippen molar-refractivity contribution in [1.29, 1.82) is 0 Å². The van der Waals surface area contributed by atoms with Crippen LogP contribution in [0.2, 0.25) is 0 Å². The average Bonchev–Trinajstić information content (AvgIpc) is 2.47. The SMILES string of the molecule is O=C(C=Cc1ccc(S(=O)(=O)Cl)cc1)Nc1ccc(Br)cc1. The minimum Gasteiger partial charge on any atom is -0.323 e. The molecule has 0 atom stereocenters. The highest BCUT2D eigenvalue weighted by atomic mass is 79.9. The van der Waals surface area contributed by atoms with E-state index < -0.39 is 9.05 Å². The molecule has 4 nitrogen and oxygen atoms in total. The van der Waals surface area contributed by atoms with Crippen LogP contribution in [0.5, 0.6) is 0 Å². The van der Waals surface area contributed by atoms with E-state index >= 15 is 0 Å². The lowest BCUT2D eigenvalue weighted by Crippen LogP contribution is -2.07. The van der Waals surface area contributed by atoms with E-state index in [1.165, 1.54) is 18.2 Å². The number of rotatable bonds is 4. The van der Waals surface area contributed by atoms with Crippen LogP contribution < -0.4 is 5.32 Å². The maximum absolute atomic E-state index is 11.8. The van der Waals surface area contributed by atoms with E-state index in [4.69, 9.17) is 10.7 Å². The molecular formula is C15H11BrClNO3S. The zero-order chi connectivity index (χ0) is 16.2. The number of carbonyl (C=O) groups excluding carboxylic acids is 1. The zero-order valence-electron chi connectivity index (χ0n) is 11.2. The van der Waals surface area contributed by atoms with Gasteiger partial charge < -0.3 is 5.32 Å². The van der Waals surface area contributed by atoms with Crippen molar-refractivity contribution in [2.75, 3.05) is 5.32 Å². The molecule has 0 aliphatic rings. The lowest BCUT2D eigenvalue weighted by Gasteiger charge is -2.02. The van der Waals surface area contributed by atoms with Gasteiger partial charge in [-0.15, -0.1) is 0 Å². The molecule has 0 fully saturated rings. The molecule has 0 saturated heterocycles. The molecule has 0 unspecified atom stereocenters. The largest absolute Gasteiger partial charge is 0.323 e. The van der Waals surface area contributed by atoms with E-state index in [1.807, 2.05) is 12.1 Å². The van der Waals surface area contributed by atoms with Crippen molar-refractivity contribution in [3.63, 3.8) is 0 Å². The highest BCUT2D eigenvalue weighted by Crippen LogP contribution is 2.16. The average molecular weight is 401 g/mol. The first kappa shape index (κ1) is 16.7. The van der Waals surface area contributed by atoms with Crippen LogP contribution in [0.3, 0.4) is 0 Å². The number of carbonyl (C=O) groups is 1. The first-order chi connectivity index (χ1) is 10.3. The molecule has 2 aromatic rings. The first-order valence-corrected chi connectivity index (χ1v) is 9.24. The minimum absolute atomic E-state index is 0.0191. The molecule has 0 spiro atoms. The summed E-state index contributed by atoms with van der Waals surface area (Å²) in [6.07, 6.45) is 2.95. The molecule has 114 valence electrons. The molecule has 2 aromatic carbocycles. The fourth-order valence-corrected chi connectivity index (χ4v) is 2.66. The second-order valence-electron chi connectivity index (χ2n) is 4.34. The van der Waals surface area contributed by atoms with Gasteiger partial charge in [-0.2, -0.15) is 0 Å². The van der Waals surface area contributed by atoms with Crippen molar-refractivity contribution in [2.24, 2.45) is 0 Å². The van der Waals surface area contributed by atoms with Crippen LogP contribution >= 0.6 is 26.6 Å². The van der Waals surface area contributed by atoms with E-state index in [9.17, 15) is 13.2 Å². The molecule has 1 N–H and O–H groups in total. The second-order valence-corrected chi connectivity index (χ2v) is 7.82. The maximum atomic E-state index is 11.8. The molecule has 0 saturated carbocycles. The van der Waals surface area contributed by atoms with Gasteiger partial charge in [0.05, 0.1) is 4.90 Å². The Hall–Kier alpha value is -1.63. The summed E-state index contributed by atoms with van der Waals surface area (Å²) in [5.41, 5.74) is 1.37. The normalized spacial score (nSPS) is 11.5. The standard InChI is InChI=1S/C15H11BrClNO3S/c16-12-4-6-13(7-5-12)18-15(19)10-3-11-1-8-14(9-2-11)22(17,20)21/h1-10H,(H,18,19). The molecule has 0 radical (unpaired) electrons. The number of hydrogen-bond acceptors (Lipinski definition) is 3. The summed E-state index contributed by atoms with van der Waals surface area (Å²) in [6, 6.07) is 13.1. The molecule has 0 aromatic heterocycles. The van der Waals surface area contributed by atoms with Crippen LogP contribution in [-0.4, -0.2) is 14.3 Å². The second kappa shape index (κ2) is 7.09. The molecule has 0 aliphatic carbocycles. The molecular weight excluding hydrogens is 390 g/mol. The minimum atomic E-state index is -3.73. The summed E-state index contributed by atoms with van der Waals surface area (Å²) in [5, 5.41) is 2.71. The van der Waals surface area contributed by atoms with Gasteiger partial charge >= 0.3 is 0 Å². The summed E-state index contributed by atoms with van der Waals surface area (Å²) < 4.78 is 23.2. The van der Waals surface area contributed by atoms with E-state index in [0.717, 1.165) is 4.47 Å². The van der Waals surface area contributed by atoms with Crippen LogP contribution in [0, 0.1) is 0 Å². The molecule has 0 heterocycles. The Morgan fingerprint density at radius 3 is 2.18 bits per heavy atom. The maximum Gasteiger partial charge on any atom is 0.261 e. The van der Waals surface area contributed by atoms with E-state index in [2.05, 4.69) is 21.2 Å². The summed E-state index contributed by atoms with van der Waals surface area (Å²) in [6.45, 7) is 0. The van der Waals surface area contributed by atoms with Crippen molar-refractivity contribution >= 4 is 53.3 Å². The summed E-state index contributed by atoms with van der Waals surface area (Å²) >= 11 is 3.31. The van der Waals surface area contributed by atoms with Gasteiger partial charge in [0, 0.05) is 26.9 Å². The third-order valence-electron chi connectivity index (χ3n) is 2.70. The lowest BCUT2D eigenvalue weighted by molar-refractivity contribution is -0.111. The molecule has 0 bridgehead atoms. The molecule has 7 heteroatoms. The van der Waals surface area contributed by atoms with Gasteiger partial charge in [-0.05, 0) is 48.0 Å². The molecule has 2 rings (SSSR count). The third kappa shape index (κ3) is 4.98. The van der Waals surface area contributed by atoms with Gasteiger partial charge in [0.25, 0.3) is 9.05 Å². The van der Waals surface area contributed by atoms with Crippen molar-refractivity contribution in [1.82, 2.24) is 0 Å². The van der Waals surface area contributed by atoms with Crippen LogP contribution in [-0.2, 0) is 13.8 Å². The number of anilines is 1. The van der Waals surface area contributed by atoms with Gasteiger partial charge in [-0.3, -0.25) is 4.79 Å². The van der Waals surface area contributed by atoms with Crippen molar-refractivity contribution < 1.29 is 13.2 Å². The number of amides is 1. The summed E-state index contributed by atoms with van der Waals surface area (Å²) in [4.78, 5) is 11.8. The predicted molar refractivity (Wildman–Crippen MR) is 91.3 cm³/mol. The van der Waals surface area contributed by atoms with Crippen LogP contribution in [0.4, 0.5) is 5.69 Å². The van der Waals surface area contributed by atoms with Crippen LogP contribution in [0.15, 0.2) is 64.0 Å². The molecule has 1 amide bonds. The predicted octanol–water partition coefficient (Wildman–Crippen LogP) is 4.03. The smallest absolute Gasteiger partial charge is 0.261 e. The van der Waals surface area contributed by atoms with E-state index in [0.29, 0.717) is 11.3 Å². The molecule has 0 aliphatic heterocycles. The lowest BCUT2D eigenvalue weighted by atomic mass is 10.2. The Morgan fingerprint density at radius 2 is 1.64 bits per heavy atom. The molecule has 22 heavy (non-hydrogen) atoms. The fraction of sp³-hybridized carbons (Fsp3) is 0. The third-order valence-corrected chi connectivity index (χ3v) is 4.60. The number of nitrogens with one attached hydrogen (secondary N) is 1. The summed E-state index contributed by atoms with van der Waals surface area (Å²) in [7, 11) is 1.50. The zero-order valence-corrected chi connectivity index (χ0v) is 14.3. The topological polar surface area (TPSA) is 63.2 Å². The number of benzene rings is 2. The fourth-order valence-electron chi connectivity index (χ4n) is 1.63. The van der Waals surface area contributed by atoms with Gasteiger partial charge in [-0.1, -0.05) is 28.1 Å². The Morgan fingerprint density at radius 1 is 1.05 bits per heavy atom. The van der Waals surface area contributed by atoms with Crippen LogP contribution in [0.25, 0.3) is 6.08 Å². The Kier molecular flexibility index (Phi) is 5.39. The Balaban J connectivity index is 2.02. The van der Waals surface area contributed by atoms with E-state index in [-0.39, 0.29) is 10.8 Å². The van der Waals surface area contributed by atoms with Crippen LogP contribution in [0.1, 0.15) is 5.56 Å². The van der Waals surface area contributed by atoms with Crippen molar-refractivity contribution in [3.05, 3.63) is 64.6 Å². The van der Waals surface area contributed by atoms with Gasteiger partial charge in [-0.25, -0.2) is 8.42 Å². The van der Waals surface area contributed by atoms with E-state index in [1.54, 1.807) is 30.3 Å². The Labute approximate surface area is 141 Å². The van der Waals surface area contributed by atoms with Gasteiger partial charge in [0.1, 0.15) is 0 Å². The quantitative estimate of drug-likeness (QED) is 0.622. The summed E-state index contributed by atoms with van der Waals surface area (Å²) in [5.74, 6) is -0.281. The Bertz CT molecular complexity index is 800. The monoisotopic (exact) mass is 399 g/mol.